The molecule has 0 fully saturated rings. The third kappa shape index (κ3) is 3.61. The van der Waals surface area contributed by atoms with E-state index in [-0.39, 0.29) is 11.9 Å². The molecule has 7 heteroatoms. The smallest absolute Gasteiger partial charge is 0.310 e. The van der Waals surface area contributed by atoms with Crippen LogP contribution in [0.25, 0.3) is 0 Å². The van der Waals surface area contributed by atoms with Gasteiger partial charge < -0.3 is 4.74 Å². The number of hydrogen-bond acceptors (Lipinski definition) is 6. The number of aryl methyl sites for hydroxylation is 1. The lowest BCUT2D eigenvalue weighted by atomic mass is 10.2. The molecule has 1 N–H and O–H groups in total. The lowest BCUT2D eigenvalue weighted by Gasteiger charge is -2.04. The zero-order valence-corrected chi connectivity index (χ0v) is 11.9. The zero-order valence-electron chi connectivity index (χ0n) is 11.0. The number of amides is 1. The fourth-order valence-electron chi connectivity index (χ4n) is 1.39. The first-order chi connectivity index (χ1) is 9.58. The van der Waals surface area contributed by atoms with Crippen molar-refractivity contribution >= 4 is 28.3 Å². The average molecular weight is 291 g/mol. The van der Waals surface area contributed by atoms with E-state index in [1.54, 1.807) is 31.2 Å². The maximum Gasteiger partial charge on any atom is 0.310 e. The molecule has 104 valence electrons. The molecule has 1 amide bonds. The van der Waals surface area contributed by atoms with E-state index >= 15 is 0 Å². The molecule has 6 nitrogen and oxygen atoms in total. The number of ether oxygens (including phenoxy) is 1. The van der Waals surface area contributed by atoms with Crippen molar-refractivity contribution in [2.24, 2.45) is 0 Å². The quantitative estimate of drug-likeness (QED) is 0.691. The van der Waals surface area contributed by atoms with Gasteiger partial charge in [-0.25, -0.2) is 0 Å². The number of carbonyl (C=O) groups is 2. The zero-order chi connectivity index (χ0) is 14.5. The second-order valence-electron chi connectivity index (χ2n) is 3.93. The van der Waals surface area contributed by atoms with Crippen LogP contribution in [0.2, 0.25) is 0 Å². The molecule has 0 aliphatic heterocycles. The fourth-order valence-corrected chi connectivity index (χ4v) is 1.98. The Hall–Kier alpha value is -2.28. The maximum atomic E-state index is 11.9. The van der Waals surface area contributed by atoms with Gasteiger partial charge in [0.25, 0.3) is 5.91 Å². The van der Waals surface area contributed by atoms with E-state index in [0.29, 0.717) is 22.9 Å². The van der Waals surface area contributed by atoms with E-state index in [0.717, 1.165) is 5.01 Å². The summed E-state index contributed by atoms with van der Waals surface area (Å²) in [6, 6.07) is 6.32. The summed E-state index contributed by atoms with van der Waals surface area (Å²) in [5, 5.41) is 11.5. The van der Waals surface area contributed by atoms with Crippen molar-refractivity contribution in [3.63, 3.8) is 0 Å². The van der Waals surface area contributed by atoms with Gasteiger partial charge in [-0.3, -0.25) is 14.9 Å². The Balaban J connectivity index is 2.02. The minimum atomic E-state index is -0.313. The Labute approximate surface area is 119 Å². The molecule has 0 saturated carbocycles. The molecule has 20 heavy (non-hydrogen) atoms. The lowest BCUT2D eigenvalue weighted by Crippen LogP contribution is -2.12. The highest BCUT2D eigenvalue weighted by molar-refractivity contribution is 7.15. The molecule has 1 heterocycles. The van der Waals surface area contributed by atoms with E-state index in [4.69, 9.17) is 4.74 Å². The molecule has 2 aromatic rings. The molecule has 1 aromatic carbocycles. The second kappa shape index (κ2) is 6.25. The number of carbonyl (C=O) groups excluding carboxylic acids is 2. The van der Waals surface area contributed by atoms with Crippen molar-refractivity contribution in [1.82, 2.24) is 10.2 Å². The highest BCUT2D eigenvalue weighted by Gasteiger charge is 2.09. The molecule has 0 radical (unpaired) electrons. The number of aromatic nitrogens is 2. The first-order valence-electron chi connectivity index (χ1n) is 6.00. The Kier molecular flexibility index (Phi) is 4.41. The number of nitrogens with one attached hydrogen (secondary N) is 1. The SMILES string of the molecule is CCC(=O)Oc1ccc(C(=O)Nc2nnc(C)s2)cc1. The first kappa shape index (κ1) is 14.1. The molecule has 0 bridgehead atoms. The minimum absolute atomic E-state index is 0.283. The summed E-state index contributed by atoms with van der Waals surface area (Å²) >= 11 is 1.30. The first-order valence-corrected chi connectivity index (χ1v) is 6.82. The molecular formula is C13H13N3O3S. The van der Waals surface area contributed by atoms with Gasteiger partial charge in [-0.2, -0.15) is 0 Å². The van der Waals surface area contributed by atoms with E-state index in [9.17, 15) is 9.59 Å². The fraction of sp³-hybridized carbons (Fsp3) is 0.231. The van der Waals surface area contributed by atoms with Gasteiger partial charge in [0.1, 0.15) is 10.8 Å². The van der Waals surface area contributed by atoms with Crippen LogP contribution in [0.3, 0.4) is 0 Å². The highest BCUT2D eigenvalue weighted by Crippen LogP contribution is 2.17. The Morgan fingerprint density at radius 3 is 2.50 bits per heavy atom. The monoisotopic (exact) mass is 291 g/mol. The van der Waals surface area contributed by atoms with E-state index in [1.165, 1.54) is 11.3 Å². The van der Waals surface area contributed by atoms with Crippen molar-refractivity contribution in [3.05, 3.63) is 34.8 Å². The minimum Gasteiger partial charge on any atom is -0.427 e. The lowest BCUT2D eigenvalue weighted by molar-refractivity contribution is -0.134. The molecule has 0 atom stereocenters. The Morgan fingerprint density at radius 1 is 1.25 bits per heavy atom. The van der Waals surface area contributed by atoms with E-state index < -0.39 is 0 Å². The predicted octanol–water partition coefficient (Wildman–Crippen LogP) is 2.41. The van der Waals surface area contributed by atoms with Crippen molar-refractivity contribution in [2.75, 3.05) is 5.32 Å². The van der Waals surface area contributed by atoms with Crippen LogP contribution in [0.15, 0.2) is 24.3 Å². The molecule has 0 saturated heterocycles. The predicted molar refractivity (Wildman–Crippen MR) is 75.0 cm³/mol. The van der Waals surface area contributed by atoms with Crippen LogP contribution in [0.5, 0.6) is 5.75 Å². The Bertz CT molecular complexity index is 622. The summed E-state index contributed by atoms with van der Waals surface area (Å²) in [4.78, 5) is 23.1. The molecule has 2 rings (SSSR count). The van der Waals surface area contributed by atoms with Crippen molar-refractivity contribution in [2.45, 2.75) is 20.3 Å². The van der Waals surface area contributed by atoms with Gasteiger partial charge in [-0.05, 0) is 31.2 Å². The molecule has 0 aliphatic rings. The van der Waals surface area contributed by atoms with Crippen LogP contribution < -0.4 is 10.1 Å². The van der Waals surface area contributed by atoms with E-state index in [2.05, 4.69) is 15.5 Å². The van der Waals surface area contributed by atoms with Gasteiger partial charge in [0, 0.05) is 12.0 Å². The van der Waals surface area contributed by atoms with Crippen molar-refractivity contribution in [3.8, 4) is 5.75 Å². The number of rotatable bonds is 4. The summed E-state index contributed by atoms with van der Waals surface area (Å²) < 4.78 is 5.03. The average Bonchev–Trinajstić information content (AvgIpc) is 2.84. The third-order valence-corrected chi connectivity index (χ3v) is 3.14. The summed E-state index contributed by atoms with van der Waals surface area (Å²) in [5.74, 6) is -0.179. The normalized spacial score (nSPS) is 10.1. The molecule has 1 aromatic heterocycles. The highest BCUT2D eigenvalue weighted by atomic mass is 32.1. The number of esters is 1. The van der Waals surface area contributed by atoms with E-state index in [1.807, 2.05) is 6.92 Å². The standard InChI is InChI=1S/C13H13N3O3S/c1-3-11(17)19-10-6-4-9(5-7-10)12(18)14-13-16-15-8(2)20-13/h4-7H,3H2,1-2H3,(H,14,16,18). The van der Waals surface area contributed by atoms with Crippen molar-refractivity contribution in [1.29, 1.82) is 0 Å². The van der Waals surface area contributed by atoms with Gasteiger partial charge in [0.2, 0.25) is 5.13 Å². The van der Waals surface area contributed by atoms with Gasteiger partial charge in [-0.1, -0.05) is 18.3 Å². The largest absolute Gasteiger partial charge is 0.427 e. The number of anilines is 1. The van der Waals surface area contributed by atoms with Crippen LogP contribution in [-0.2, 0) is 4.79 Å². The second-order valence-corrected chi connectivity index (χ2v) is 5.11. The summed E-state index contributed by atoms with van der Waals surface area (Å²) in [5.41, 5.74) is 0.453. The molecule has 0 aliphatic carbocycles. The van der Waals surface area contributed by atoms with Crippen molar-refractivity contribution < 1.29 is 14.3 Å². The summed E-state index contributed by atoms with van der Waals surface area (Å²) in [6.45, 7) is 3.53. The van der Waals surface area contributed by atoms with Gasteiger partial charge in [-0.15, -0.1) is 10.2 Å². The van der Waals surface area contributed by atoms with Gasteiger partial charge in [0.15, 0.2) is 0 Å². The number of benzene rings is 1. The van der Waals surface area contributed by atoms with Crippen LogP contribution in [0.1, 0.15) is 28.7 Å². The van der Waals surface area contributed by atoms with Gasteiger partial charge >= 0.3 is 5.97 Å². The molecule has 0 unspecified atom stereocenters. The van der Waals surface area contributed by atoms with Crippen LogP contribution >= 0.6 is 11.3 Å². The summed E-state index contributed by atoms with van der Waals surface area (Å²) in [6.07, 6.45) is 0.304. The van der Waals surface area contributed by atoms with Crippen LogP contribution in [-0.4, -0.2) is 22.1 Å². The maximum absolute atomic E-state index is 11.9. The molecular weight excluding hydrogens is 278 g/mol. The summed E-state index contributed by atoms with van der Waals surface area (Å²) in [7, 11) is 0. The molecule has 0 spiro atoms. The van der Waals surface area contributed by atoms with Crippen LogP contribution in [0.4, 0.5) is 5.13 Å². The Morgan fingerprint density at radius 2 is 1.95 bits per heavy atom. The number of nitrogens with zero attached hydrogens (tertiary/aromatic N) is 2. The van der Waals surface area contributed by atoms with Crippen LogP contribution in [0, 0.1) is 6.92 Å². The number of hydrogen-bond donors (Lipinski definition) is 1. The van der Waals surface area contributed by atoms with Gasteiger partial charge in [0.05, 0.1) is 0 Å². The third-order valence-electron chi connectivity index (χ3n) is 2.38. The topological polar surface area (TPSA) is 81.2 Å².